The molecule has 19 heavy (non-hydrogen) atoms. The second-order valence-corrected chi connectivity index (χ2v) is 4.69. The van der Waals surface area contributed by atoms with Gasteiger partial charge in [0.25, 0.3) is 0 Å². The highest BCUT2D eigenvalue weighted by molar-refractivity contribution is 5.89. The predicted molar refractivity (Wildman–Crippen MR) is 75.4 cm³/mol. The van der Waals surface area contributed by atoms with Crippen molar-refractivity contribution in [2.24, 2.45) is 0 Å². The molecule has 0 aromatic heterocycles. The van der Waals surface area contributed by atoms with Crippen LogP contribution in [-0.4, -0.2) is 23.0 Å². The summed E-state index contributed by atoms with van der Waals surface area (Å²) in [4.78, 5) is 21.5. The molecule has 0 aliphatic heterocycles. The molecule has 1 aromatic rings. The molecule has 1 unspecified atom stereocenters. The maximum absolute atomic E-state index is 11.0. The number of hydrogen-bond acceptors (Lipinski definition) is 3. The molecule has 0 spiro atoms. The first-order chi connectivity index (χ1) is 8.88. The summed E-state index contributed by atoms with van der Waals surface area (Å²) < 4.78 is 0. The van der Waals surface area contributed by atoms with Gasteiger partial charge in [-0.1, -0.05) is 0 Å². The van der Waals surface area contributed by atoms with Gasteiger partial charge in [-0.3, -0.25) is 9.59 Å². The Kier molecular flexibility index (Phi) is 5.36. The van der Waals surface area contributed by atoms with Crippen LogP contribution in [-0.2, 0) is 9.59 Å². The van der Waals surface area contributed by atoms with Crippen LogP contribution in [0.25, 0.3) is 0 Å². The maximum Gasteiger partial charge on any atom is 0.303 e. The van der Waals surface area contributed by atoms with Crippen LogP contribution in [0.1, 0.15) is 32.3 Å². The van der Waals surface area contributed by atoms with Gasteiger partial charge in [0.15, 0.2) is 0 Å². The normalized spacial score (nSPS) is 11.7. The highest BCUT2D eigenvalue weighted by Gasteiger charge is 2.07. The Labute approximate surface area is 113 Å². The molecule has 3 N–H and O–H groups in total. The second kappa shape index (κ2) is 6.78. The fraction of sp³-hybridized carbons (Fsp3) is 0.429. The van der Waals surface area contributed by atoms with E-state index in [-0.39, 0.29) is 18.4 Å². The Morgan fingerprint density at radius 2 is 2.05 bits per heavy atom. The van der Waals surface area contributed by atoms with Gasteiger partial charge >= 0.3 is 5.97 Å². The lowest BCUT2D eigenvalue weighted by molar-refractivity contribution is -0.137. The summed E-state index contributed by atoms with van der Waals surface area (Å²) >= 11 is 0. The van der Waals surface area contributed by atoms with Crippen LogP contribution in [0.3, 0.4) is 0 Å². The van der Waals surface area contributed by atoms with E-state index in [0.29, 0.717) is 6.42 Å². The van der Waals surface area contributed by atoms with E-state index in [1.54, 1.807) is 0 Å². The summed E-state index contributed by atoms with van der Waals surface area (Å²) in [6.07, 6.45) is 0.721. The molecule has 1 amide bonds. The van der Waals surface area contributed by atoms with Gasteiger partial charge in [-0.2, -0.15) is 0 Å². The number of rotatable bonds is 6. The van der Waals surface area contributed by atoms with Crippen molar-refractivity contribution in [3.05, 3.63) is 23.8 Å². The fourth-order valence-electron chi connectivity index (χ4n) is 1.78. The standard InChI is InChI=1S/C14H20N2O3/c1-9-8-12(5-6-13(9)16-11(3)17)15-10(2)4-7-14(18)19/h5-6,8,10,15H,4,7H2,1-3H3,(H,16,17)(H,18,19). The highest BCUT2D eigenvalue weighted by atomic mass is 16.4. The maximum atomic E-state index is 11.0. The number of carbonyl (C=O) groups is 2. The summed E-state index contributed by atoms with van der Waals surface area (Å²) in [6, 6.07) is 5.73. The Morgan fingerprint density at radius 3 is 2.58 bits per heavy atom. The van der Waals surface area contributed by atoms with Crippen molar-refractivity contribution < 1.29 is 14.7 Å². The third kappa shape index (κ3) is 5.42. The molecule has 0 bridgehead atoms. The van der Waals surface area contributed by atoms with Gasteiger partial charge in [-0.05, 0) is 44.0 Å². The van der Waals surface area contributed by atoms with Gasteiger partial charge in [-0.15, -0.1) is 0 Å². The van der Waals surface area contributed by atoms with E-state index in [2.05, 4.69) is 10.6 Å². The first kappa shape index (κ1) is 15.0. The topological polar surface area (TPSA) is 78.4 Å². The number of aryl methyl sites for hydroxylation is 1. The summed E-state index contributed by atoms with van der Waals surface area (Å²) in [5, 5.41) is 14.6. The number of amides is 1. The lowest BCUT2D eigenvalue weighted by Gasteiger charge is -2.16. The number of hydrogen-bond donors (Lipinski definition) is 3. The molecule has 5 heteroatoms. The fourth-order valence-corrected chi connectivity index (χ4v) is 1.78. The molecular formula is C14H20N2O3. The molecule has 1 aromatic carbocycles. The third-order valence-electron chi connectivity index (χ3n) is 2.74. The average molecular weight is 264 g/mol. The van der Waals surface area contributed by atoms with Crippen molar-refractivity contribution in [2.75, 3.05) is 10.6 Å². The lowest BCUT2D eigenvalue weighted by atomic mass is 10.1. The monoisotopic (exact) mass is 264 g/mol. The molecule has 0 aliphatic rings. The Hall–Kier alpha value is -2.04. The van der Waals surface area contributed by atoms with E-state index in [0.717, 1.165) is 16.9 Å². The molecule has 0 heterocycles. The first-order valence-electron chi connectivity index (χ1n) is 6.25. The highest BCUT2D eigenvalue weighted by Crippen LogP contribution is 2.20. The van der Waals surface area contributed by atoms with Gasteiger partial charge in [0.2, 0.25) is 5.91 Å². The van der Waals surface area contributed by atoms with Gasteiger partial charge in [0.1, 0.15) is 0 Å². The molecular weight excluding hydrogens is 244 g/mol. The number of nitrogens with one attached hydrogen (secondary N) is 2. The third-order valence-corrected chi connectivity index (χ3v) is 2.74. The van der Waals surface area contributed by atoms with Crippen LogP contribution >= 0.6 is 0 Å². The summed E-state index contributed by atoms with van der Waals surface area (Å²) in [6.45, 7) is 5.33. The minimum Gasteiger partial charge on any atom is -0.481 e. The van der Waals surface area contributed by atoms with Crippen LogP contribution < -0.4 is 10.6 Å². The first-order valence-corrected chi connectivity index (χ1v) is 6.25. The number of aliphatic carboxylic acids is 1. The molecule has 104 valence electrons. The Bertz CT molecular complexity index is 472. The minimum atomic E-state index is -0.786. The molecule has 0 fully saturated rings. The second-order valence-electron chi connectivity index (χ2n) is 4.69. The van der Waals surface area contributed by atoms with Crippen molar-refractivity contribution in [1.82, 2.24) is 0 Å². The zero-order chi connectivity index (χ0) is 14.4. The molecule has 0 radical (unpaired) electrons. The molecule has 0 saturated heterocycles. The van der Waals surface area contributed by atoms with Crippen molar-refractivity contribution in [3.63, 3.8) is 0 Å². The SMILES string of the molecule is CC(=O)Nc1ccc(NC(C)CCC(=O)O)cc1C. The van der Waals surface area contributed by atoms with E-state index in [1.165, 1.54) is 6.92 Å². The lowest BCUT2D eigenvalue weighted by Crippen LogP contribution is -2.16. The predicted octanol–water partition coefficient (Wildman–Crippen LogP) is 2.62. The molecule has 0 aliphatic carbocycles. The van der Waals surface area contributed by atoms with Gasteiger partial charge in [0, 0.05) is 30.8 Å². The molecule has 1 rings (SSSR count). The molecule has 5 nitrogen and oxygen atoms in total. The quantitative estimate of drug-likeness (QED) is 0.738. The van der Waals surface area contributed by atoms with Crippen LogP contribution in [0.5, 0.6) is 0 Å². The van der Waals surface area contributed by atoms with E-state index in [1.807, 2.05) is 32.0 Å². The number of carboxylic acids is 1. The van der Waals surface area contributed by atoms with Crippen LogP contribution in [0.2, 0.25) is 0 Å². The Morgan fingerprint density at radius 1 is 1.37 bits per heavy atom. The zero-order valence-corrected chi connectivity index (χ0v) is 11.5. The van der Waals surface area contributed by atoms with Gasteiger partial charge < -0.3 is 15.7 Å². The van der Waals surface area contributed by atoms with E-state index in [4.69, 9.17) is 5.11 Å². The number of carboxylic acid groups (broad SMARTS) is 1. The number of benzene rings is 1. The van der Waals surface area contributed by atoms with E-state index in [9.17, 15) is 9.59 Å². The zero-order valence-electron chi connectivity index (χ0n) is 11.5. The van der Waals surface area contributed by atoms with Crippen molar-refractivity contribution in [3.8, 4) is 0 Å². The van der Waals surface area contributed by atoms with E-state index < -0.39 is 5.97 Å². The average Bonchev–Trinajstić information content (AvgIpc) is 2.29. The summed E-state index contributed by atoms with van der Waals surface area (Å²) in [7, 11) is 0. The minimum absolute atomic E-state index is 0.0853. The van der Waals surface area contributed by atoms with Crippen molar-refractivity contribution in [1.29, 1.82) is 0 Å². The van der Waals surface area contributed by atoms with E-state index >= 15 is 0 Å². The largest absolute Gasteiger partial charge is 0.481 e. The molecule has 1 atom stereocenters. The molecule has 0 saturated carbocycles. The smallest absolute Gasteiger partial charge is 0.303 e. The number of anilines is 2. The van der Waals surface area contributed by atoms with Gasteiger partial charge in [0.05, 0.1) is 0 Å². The van der Waals surface area contributed by atoms with Gasteiger partial charge in [-0.25, -0.2) is 0 Å². The summed E-state index contributed by atoms with van der Waals surface area (Å²) in [5.41, 5.74) is 2.67. The Balaban J connectivity index is 2.62. The number of carbonyl (C=O) groups excluding carboxylic acids is 1. The van der Waals surface area contributed by atoms with Crippen LogP contribution in [0.15, 0.2) is 18.2 Å². The van der Waals surface area contributed by atoms with Crippen molar-refractivity contribution in [2.45, 2.75) is 39.7 Å². The van der Waals surface area contributed by atoms with Crippen LogP contribution in [0, 0.1) is 6.92 Å². The van der Waals surface area contributed by atoms with Crippen molar-refractivity contribution >= 4 is 23.3 Å². The van der Waals surface area contributed by atoms with Crippen LogP contribution in [0.4, 0.5) is 11.4 Å². The summed E-state index contributed by atoms with van der Waals surface area (Å²) in [5.74, 6) is -0.885.